The van der Waals surface area contributed by atoms with Crippen molar-refractivity contribution in [2.75, 3.05) is 16.0 Å². The van der Waals surface area contributed by atoms with Gasteiger partial charge in [0.1, 0.15) is 17.5 Å². The van der Waals surface area contributed by atoms with Gasteiger partial charge in [-0.2, -0.15) is 0 Å². The van der Waals surface area contributed by atoms with Gasteiger partial charge in [0, 0.05) is 94.3 Å². The van der Waals surface area contributed by atoms with Crippen LogP contribution in [-0.4, -0.2) is 117 Å². The Morgan fingerprint density at radius 1 is 0.523 bits per heavy atom. The quantitative estimate of drug-likeness (QED) is 0.0458. The number of fused-ring (bicyclic) bond motifs is 3. The van der Waals surface area contributed by atoms with E-state index in [0.29, 0.717) is 51.3 Å². The summed E-state index contributed by atoms with van der Waals surface area (Å²) in [5.74, 6) is 3.95. The van der Waals surface area contributed by atoms with E-state index in [0.717, 1.165) is 71.8 Å². The van der Waals surface area contributed by atoms with Gasteiger partial charge in [-0.25, -0.2) is 47.9 Å². The maximum Gasteiger partial charge on any atom is 1.00 e. The Hall–Kier alpha value is -9.51. The summed E-state index contributed by atoms with van der Waals surface area (Å²) in [4.78, 5) is 18.4. The van der Waals surface area contributed by atoms with E-state index in [4.69, 9.17) is 43.6 Å². The number of nitrogens with zero attached hydrogens (tertiary/aromatic N) is 12. The second-order valence-electron chi connectivity index (χ2n) is 28.3. The third-order valence-corrected chi connectivity index (χ3v) is 21.8. The smallest absolute Gasteiger partial charge is 0.553 e. The molecule has 550 valence electrons. The molecule has 107 heavy (non-hydrogen) atoms. The minimum Gasteiger partial charge on any atom is -0.553 e. The minimum absolute atomic E-state index is 0. The van der Waals surface area contributed by atoms with E-state index in [1.54, 1.807) is 55.0 Å². The number of rotatable bonds is 18. The zero-order valence-electron chi connectivity index (χ0n) is 61.1. The van der Waals surface area contributed by atoms with Crippen LogP contribution in [0.2, 0.25) is 0 Å². The van der Waals surface area contributed by atoms with Crippen LogP contribution in [0.1, 0.15) is 146 Å². The largest absolute Gasteiger partial charge is 1.00 e. The first-order valence-corrected chi connectivity index (χ1v) is 37.3. The fourth-order valence-corrected chi connectivity index (χ4v) is 14.8. The predicted octanol–water partition coefficient (Wildman–Crippen LogP) is 11.8. The van der Waals surface area contributed by atoms with Gasteiger partial charge in [-0.3, -0.25) is 9.97 Å². The Morgan fingerprint density at radius 2 is 0.925 bits per heavy atom. The third kappa shape index (κ3) is 16.1. The van der Waals surface area contributed by atoms with Crippen LogP contribution in [0.3, 0.4) is 0 Å². The molecule has 2 saturated carbocycles. The molecule has 7 aromatic heterocycles. The van der Waals surface area contributed by atoms with Gasteiger partial charge in [-0.1, -0.05) is 56.8 Å². The van der Waals surface area contributed by atoms with Gasteiger partial charge in [-0.15, -0.1) is 15.3 Å². The molecule has 26 nitrogen and oxygen atoms in total. The molecule has 3 aliphatic carbocycles. The minimum atomic E-state index is -4.07. The third-order valence-electron chi connectivity index (χ3n) is 18.5. The van der Waals surface area contributed by atoms with E-state index in [1.165, 1.54) is 67.7 Å². The molecule has 0 spiro atoms. The molecular weight excluding hydrogens is 1430 g/mol. The Labute approximate surface area is 638 Å². The topological polar surface area (TPSA) is 345 Å². The number of anilines is 3. The van der Waals surface area contributed by atoms with Gasteiger partial charge in [-0.05, 0) is 175 Å². The first kappa shape index (κ1) is 77.1. The van der Waals surface area contributed by atoms with E-state index >= 15 is 8.78 Å². The van der Waals surface area contributed by atoms with Crippen molar-refractivity contribution in [1.82, 2.24) is 58.5 Å². The molecule has 8 heterocycles. The zero-order valence-corrected chi connectivity index (χ0v) is 64.7. The van der Waals surface area contributed by atoms with Crippen molar-refractivity contribution in [1.29, 1.82) is 0 Å². The summed E-state index contributed by atoms with van der Waals surface area (Å²) in [5.41, 5.74) is 8.20. The van der Waals surface area contributed by atoms with Crippen LogP contribution in [0.25, 0.3) is 78.9 Å². The van der Waals surface area contributed by atoms with E-state index in [-0.39, 0.29) is 121 Å². The molecule has 0 unspecified atom stereocenters. The summed E-state index contributed by atoms with van der Waals surface area (Å²) in [5, 5.41) is 40.0. The van der Waals surface area contributed by atoms with Gasteiger partial charge in [0.2, 0.25) is 0 Å². The molecule has 16 rings (SSSR count). The maximum atomic E-state index is 15.5. The number of aromatic nitrogens is 12. The van der Waals surface area contributed by atoms with Crippen molar-refractivity contribution in [3.63, 3.8) is 0 Å². The fraction of sp³-hybridized carbons (Fsp3) is 0.324. The van der Waals surface area contributed by atoms with Gasteiger partial charge >= 0.3 is 54.7 Å². The summed E-state index contributed by atoms with van der Waals surface area (Å²) >= 11 is 0. The fourth-order valence-electron chi connectivity index (χ4n) is 12.0. The number of allylic oxidation sites excluding steroid dienone is 1. The van der Waals surface area contributed by atoms with Crippen molar-refractivity contribution in [2.45, 2.75) is 166 Å². The molecule has 3 fully saturated rings. The Bertz CT molecular complexity index is 5550. The molecule has 0 atom stereocenters. The second-order valence-corrected chi connectivity index (χ2v) is 31.9. The molecule has 0 radical (unpaired) electrons. The predicted molar refractivity (Wildman–Crippen MR) is 393 cm³/mol. The number of halogens is 3. The summed E-state index contributed by atoms with van der Waals surface area (Å²) in [6, 6.07) is 22.5. The van der Waals surface area contributed by atoms with Crippen LogP contribution >= 0.6 is 0 Å². The molecular formula is C74H77BF3N16NaO10S2. The van der Waals surface area contributed by atoms with E-state index in [9.17, 15) is 21.2 Å². The standard InChI is InChI=1S/C27H25FN6O3S.C26H30BFN4O5S.C21H20FN5O.H2NO.Na/c1-15(2)30-27-33-32-26(37-27)20-10-19-21(24-13-29-12-23(31-24)17-6-7-17)14-34(25(19)11-22(20)28)38(35,36)18-8-4-16(3)5-9-18;1-15(2)29-24-31-30-23(35-24)19-12-18-20(27-36-25(4,5)26(6,7)37-27)14-32(22(18)13-21(19)28)38(33,34)17-10-8-16(3)9-11-17;1-11(2)24-21-27-26-20(28-21)16-8-15-13(7-17(16)22)5-6-14(15)19-10-23-9-18(25-19)12-3-4-12;1-2;/h4-5,8-15,17H,6-7H2,1-3H3,(H,30,33);8-15H,1-7H3,(H,29,31);6-12H,3-5H2,1-2H3,(H,24,27);1-2H;/q;;;-1;+1. The average molecular weight is 1510 g/mol. The molecule has 12 aromatic rings. The molecule has 1 saturated heterocycles. The Kier molecular flexibility index (Phi) is 22.1. The first-order valence-electron chi connectivity index (χ1n) is 34.4. The summed E-state index contributed by atoms with van der Waals surface area (Å²) in [6.45, 7) is 22.9. The number of hydrogen-bond donors (Lipinski definition) is 4. The van der Waals surface area contributed by atoms with Crippen molar-refractivity contribution in [3.8, 4) is 45.6 Å². The van der Waals surface area contributed by atoms with Crippen molar-refractivity contribution in [3.05, 3.63) is 191 Å². The van der Waals surface area contributed by atoms with Crippen molar-refractivity contribution in [2.24, 2.45) is 0 Å². The molecule has 5 aromatic carbocycles. The summed E-state index contributed by atoms with van der Waals surface area (Å²) < 4.78 is 132. The van der Waals surface area contributed by atoms with Crippen LogP contribution in [0.5, 0.6) is 0 Å². The second kappa shape index (κ2) is 30.6. The summed E-state index contributed by atoms with van der Waals surface area (Å²) in [7, 11) is -9.01. The van der Waals surface area contributed by atoms with Crippen molar-refractivity contribution >= 4 is 78.1 Å². The molecule has 5 N–H and O–H groups in total. The summed E-state index contributed by atoms with van der Waals surface area (Å²) in [6.07, 6.45) is 17.0. The average Bonchev–Trinajstić information content (AvgIpc) is 1.59. The Morgan fingerprint density at radius 3 is 1.37 bits per heavy atom. The van der Waals surface area contributed by atoms with Crippen molar-refractivity contribution < 1.29 is 87.3 Å². The maximum absolute atomic E-state index is 15.5. The van der Waals surface area contributed by atoms with Gasteiger partial charge in [0.15, 0.2) is 0 Å². The number of hydrogen-bond acceptors (Lipinski definition) is 23. The van der Waals surface area contributed by atoms with Gasteiger partial charge < -0.3 is 49.6 Å². The monoisotopic (exact) mass is 1500 g/mol. The Balaban J connectivity index is 0.000000149. The number of aryl methyl sites for hydroxylation is 2. The normalized spacial score (nSPS) is 15.1. The molecule has 4 aliphatic rings. The van der Waals surface area contributed by atoms with E-state index in [2.05, 4.69) is 62.6 Å². The van der Waals surface area contributed by atoms with Gasteiger partial charge in [0.25, 0.3) is 37.7 Å². The van der Waals surface area contributed by atoms with Crippen LogP contribution in [0.4, 0.5) is 31.2 Å². The van der Waals surface area contributed by atoms with Crippen LogP contribution in [-0.2, 0) is 35.8 Å². The molecule has 33 heteroatoms. The molecule has 0 amide bonds. The van der Waals surface area contributed by atoms with Crippen LogP contribution < -0.4 is 51.0 Å². The molecule has 1 aliphatic heterocycles. The first-order chi connectivity index (χ1) is 50.5. The number of benzene rings is 5. The van der Waals surface area contributed by atoms with Crippen LogP contribution in [0, 0.1) is 31.3 Å². The zero-order chi connectivity index (χ0) is 75.5. The number of nitrogens with one attached hydrogen (secondary N) is 4. The van der Waals surface area contributed by atoms with E-state index < -0.39 is 50.0 Å². The van der Waals surface area contributed by atoms with E-state index in [1.807, 2.05) is 89.3 Å². The molecule has 0 bridgehead atoms. The van der Waals surface area contributed by atoms with Gasteiger partial charge in [0.05, 0.1) is 83.9 Å². The SMILES string of the molecule is CC(C)Nc1nnc(-c2cc3c(cc2F)CC=C3c2cncc(C3CC3)n2)o1.Cc1ccc(S(=O)(=O)n2cc(-c3cncc(C4CC4)n3)c3cc(-c4nnc(NC(C)C)o4)c(F)cc32)cc1.Cc1ccc(S(=O)(=O)n2cc(B3OC(C)(C)C(C)(C)O3)c3cc(-c4nnc(NC(C)C)o4)c(F)cc32)cc1.[NH-]O.[Na+]. The van der Waals surface area contributed by atoms with Crippen LogP contribution in [0.15, 0.2) is 151 Å².